The summed E-state index contributed by atoms with van der Waals surface area (Å²) in [6.45, 7) is 2.20. The molecule has 1 aliphatic rings. The summed E-state index contributed by atoms with van der Waals surface area (Å²) in [5.41, 5.74) is -0.336. The number of hydrogen-bond donors (Lipinski definition) is 1. The van der Waals surface area contributed by atoms with Crippen LogP contribution in [0.1, 0.15) is 51.0 Å². The first kappa shape index (κ1) is 14.8. The average molecular weight is 285 g/mol. The Labute approximate surface area is 119 Å². The van der Waals surface area contributed by atoms with Gasteiger partial charge in [0.05, 0.1) is 5.60 Å². The maximum Gasteiger partial charge on any atom is 0.127 e. The summed E-state index contributed by atoms with van der Waals surface area (Å²) >= 11 is 6.06. The molecular formula is C16H22ClFO. The molecular weight excluding hydrogens is 263 g/mol. The van der Waals surface area contributed by atoms with E-state index in [2.05, 4.69) is 6.92 Å². The summed E-state index contributed by atoms with van der Waals surface area (Å²) in [6, 6.07) is 4.70. The molecule has 106 valence electrons. The van der Waals surface area contributed by atoms with Crippen molar-refractivity contribution in [3.8, 4) is 0 Å². The second-order valence-electron chi connectivity index (χ2n) is 5.81. The predicted molar refractivity (Wildman–Crippen MR) is 76.9 cm³/mol. The van der Waals surface area contributed by atoms with Crippen LogP contribution in [0.4, 0.5) is 4.39 Å². The fourth-order valence-electron chi connectivity index (χ4n) is 3.08. The molecule has 1 aliphatic carbocycles. The topological polar surface area (TPSA) is 20.2 Å². The molecule has 2 atom stereocenters. The van der Waals surface area contributed by atoms with E-state index in [9.17, 15) is 9.50 Å². The number of halogens is 2. The van der Waals surface area contributed by atoms with Crippen LogP contribution in [-0.2, 0) is 6.42 Å². The van der Waals surface area contributed by atoms with Crippen molar-refractivity contribution < 1.29 is 9.50 Å². The van der Waals surface area contributed by atoms with Crippen molar-refractivity contribution in [1.82, 2.24) is 0 Å². The minimum absolute atomic E-state index is 0.308. The van der Waals surface area contributed by atoms with Gasteiger partial charge in [0, 0.05) is 17.0 Å². The molecule has 0 radical (unpaired) electrons. The highest BCUT2D eigenvalue weighted by atomic mass is 35.5. The van der Waals surface area contributed by atoms with Gasteiger partial charge in [0.25, 0.3) is 0 Å². The van der Waals surface area contributed by atoms with Crippen molar-refractivity contribution in [3.05, 3.63) is 34.6 Å². The lowest BCUT2D eigenvalue weighted by atomic mass is 9.86. The van der Waals surface area contributed by atoms with E-state index >= 15 is 0 Å². The summed E-state index contributed by atoms with van der Waals surface area (Å²) in [5, 5.41) is 11.2. The highest BCUT2D eigenvalue weighted by molar-refractivity contribution is 6.31. The molecule has 1 fully saturated rings. The van der Waals surface area contributed by atoms with Crippen molar-refractivity contribution in [2.24, 2.45) is 5.92 Å². The van der Waals surface area contributed by atoms with Crippen molar-refractivity contribution in [3.63, 3.8) is 0 Å². The minimum Gasteiger partial charge on any atom is -0.390 e. The quantitative estimate of drug-likeness (QED) is 0.795. The summed E-state index contributed by atoms with van der Waals surface area (Å²) in [7, 11) is 0. The van der Waals surface area contributed by atoms with Crippen LogP contribution < -0.4 is 0 Å². The van der Waals surface area contributed by atoms with Gasteiger partial charge < -0.3 is 5.11 Å². The Kier molecular flexibility index (Phi) is 4.86. The predicted octanol–water partition coefficient (Wildman–Crippen LogP) is 4.74. The van der Waals surface area contributed by atoms with Crippen LogP contribution in [0.2, 0.25) is 5.02 Å². The van der Waals surface area contributed by atoms with Crippen molar-refractivity contribution in [2.45, 2.75) is 57.5 Å². The number of hydrogen-bond acceptors (Lipinski definition) is 1. The second-order valence-corrected chi connectivity index (χ2v) is 6.21. The van der Waals surface area contributed by atoms with Crippen LogP contribution in [0.5, 0.6) is 0 Å². The first-order valence-electron chi connectivity index (χ1n) is 7.19. The number of aliphatic hydroxyl groups is 1. The molecule has 0 aromatic heterocycles. The van der Waals surface area contributed by atoms with E-state index in [0.29, 0.717) is 22.9 Å². The normalized spacial score (nSPS) is 28.1. The van der Waals surface area contributed by atoms with Crippen molar-refractivity contribution in [2.75, 3.05) is 0 Å². The fourth-order valence-corrected chi connectivity index (χ4v) is 3.31. The zero-order valence-corrected chi connectivity index (χ0v) is 12.2. The third-order valence-corrected chi connectivity index (χ3v) is 4.77. The first-order chi connectivity index (χ1) is 9.04. The summed E-state index contributed by atoms with van der Waals surface area (Å²) in [4.78, 5) is 0. The average Bonchev–Trinajstić information content (AvgIpc) is 2.56. The van der Waals surface area contributed by atoms with E-state index < -0.39 is 5.60 Å². The monoisotopic (exact) mass is 284 g/mol. The van der Waals surface area contributed by atoms with Crippen LogP contribution in [-0.4, -0.2) is 10.7 Å². The van der Waals surface area contributed by atoms with Gasteiger partial charge in [-0.1, -0.05) is 43.9 Å². The molecule has 0 spiro atoms. The minimum atomic E-state index is -0.796. The lowest BCUT2D eigenvalue weighted by Gasteiger charge is -2.27. The van der Waals surface area contributed by atoms with E-state index in [1.807, 2.05) is 0 Å². The van der Waals surface area contributed by atoms with Gasteiger partial charge in [-0.05, 0) is 37.3 Å². The largest absolute Gasteiger partial charge is 0.390 e. The molecule has 19 heavy (non-hydrogen) atoms. The lowest BCUT2D eigenvalue weighted by Crippen LogP contribution is -2.31. The Morgan fingerprint density at radius 2 is 2.16 bits per heavy atom. The smallest absolute Gasteiger partial charge is 0.127 e. The number of benzene rings is 1. The van der Waals surface area contributed by atoms with Crippen LogP contribution in [0.15, 0.2) is 18.2 Å². The molecule has 0 amide bonds. The van der Waals surface area contributed by atoms with Gasteiger partial charge in [0.1, 0.15) is 5.82 Å². The van der Waals surface area contributed by atoms with Crippen LogP contribution >= 0.6 is 11.6 Å². The van der Waals surface area contributed by atoms with E-state index in [4.69, 9.17) is 11.6 Å². The van der Waals surface area contributed by atoms with Gasteiger partial charge in [0.2, 0.25) is 0 Å². The number of rotatable bonds is 3. The molecule has 0 saturated heterocycles. The van der Waals surface area contributed by atoms with Crippen LogP contribution in [0, 0.1) is 11.7 Å². The molecule has 2 unspecified atom stereocenters. The molecule has 2 rings (SSSR count). The SMILES string of the molecule is CCC1CCCC(O)(Cc2c(F)cccc2Cl)CC1. The van der Waals surface area contributed by atoms with Gasteiger partial charge in [-0.25, -0.2) is 4.39 Å². The van der Waals surface area contributed by atoms with E-state index in [1.54, 1.807) is 12.1 Å². The Morgan fingerprint density at radius 3 is 2.84 bits per heavy atom. The molecule has 1 N–H and O–H groups in total. The highest BCUT2D eigenvalue weighted by Gasteiger charge is 2.32. The maximum atomic E-state index is 13.8. The van der Waals surface area contributed by atoms with Crippen LogP contribution in [0.3, 0.4) is 0 Å². The molecule has 1 saturated carbocycles. The van der Waals surface area contributed by atoms with Gasteiger partial charge in [-0.3, -0.25) is 0 Å². The third-order valence-electron chi connectivity index (χ3n) is 4.42. The molecule has 0 heterocycles. The highest BCUT2D eigenvalue weighted by Crippen LogP contribution is 2.35. The van der Waals surface area contributed by atoms with E-state index in [0.717, 1.165) is 32.1 Å². The first-order valence-corrected chi connectivity index (χ1v) is 7.57. The fraction of sp³-hybridized carbons (Fsp3) is 0.625. The Hall–Kier alpha value is -0.600. The maximum absolute atomic E-state index is 13.8. The molecule has 0 bridgehead atoms. The lowest BCUT2D eigenvalue weighted by molar-refractivity contribution is 0.0234. The Morgan fingerprint density at radius 1 is 1.37 bits per heavy atom. The molecule has 1 nitrogen and oxygen atoms in total. The van der Waals surface area contributed by atoms with Crippen molar-refractivity contribution >= 4 is 11.6 Å². The summed E-state index contributed by atoms with van der Waals surface area (Å²) in [6.07, 6.45) is 6.19. The van der Waals surface area contributed by atoms with E-state index in [1.165, 1.54) is 12.5 Å². The summed E-state index contributed by atoms with van der Waals surface area (Å²) < 4.78 is 13.8. The molecule has 0 aliphatic heterocycles. The summed E-state index contributed by atoms with van der Waals surface area (Å²) in [5.74, 6) is 0.391. The van der Waals surface area contributed by atoms with Crippen LogP contribution in [0.25, 0.3) is 0 Å². The molecule has 3 heteroatoms. The van der Waals surface area contributed by atoms with Gasteiger partial charge in [-0.15, -0.1) is 0 Å². The van der Waals surface area contributed by atoms with E-state index in [-0.39, 0.29) is 5.82 Å². The molecule has 1 aromatic rings. The zero-order valence-electron chi connectivity index (χ0n) is 11.5. The Bertz CT molecular complexity index is 415. The van der Waals surface area contributed by atoms with Crippen molar-refractivity contribution in [1.29, 1.82) is 0 Å². The van der Waals surface area contributed by atoms with Gasteiger partial charge in [0.15, 0.2) is 0 Å². The third kappa shape index (κ3) is 3.70. The van der Waals surface area contributed by atoms with Gasteiger partial charge in [-0.2, -0.15) is 0 Å². The standard InChI is InChI=1S/C16H22ClFO/c1-2-12-5-4-9-16(19,10-8-12)11-13-14(17)6-3-7-15(13)18/h3,6-7,12,19H,2,4-5,8-11H2,1H3. The Balaban J connectivity index is 2.12. The molecule has 1 aromatic carbocycles. The van der Waals surface area contributed by atoms with Gasteiger partial charge >= 0.3 is 0 Å². The zero-order chi connectivity index (χ0) is 13.9. The second kappa shape index (κ2) is 6.23.